The van der Waals surface area contributed by atoms with Gasteiger partial charge in [-0.15, -0.1) is 0 Å². The quantitative estimate of drug-likeness (QED) is 0.518. The van der Waals surface area contributed by atoms with Crippen LogP contribution in [0.15, 0.2) is 36.5 Å². The van der Waals surface area contributed by atoms with Gasteiger partial charge in [0, 0.05) is 11.8 Å². The van der Waals surface area contributed by atoms with Crippen molar-refractivity contribution in [2.24, 2.45) is 11.8 Å². The lowest BCUT2D eigenvalue weighted by atomic mass is 9.86. The summed E-state index contributed by atoms with van der Waals surface area (Å²) in [6.45, 7) is 11.7. The van der Waals surface area contributed by atoms with Gasteiger partial charge in [-0.05, 0) is 23.1 Å². The normalized spacial score (nSPS) is 42.3. The highest BCUT2D eigenvalue weighted by atomic mass is 16.3. The fourth-order valence-corrected chi connectivity index (χ4v) is 2.16. The Labute approximate surface area is 66.7 Å². The topological polar surface area (TPSA) is 20.2 Å². The first-order valence-corrected chi connectivity index (χ1v) is 3.87. The maximum atomic E-state index is 9.57. The molecular weight excluding hydrogens is 136 g/mol. The van der Waals surface area contributed by atoms with Crippen LogP contribution >= 0.6 is 0 Å². The van der Waals surface area contributed by atoms with Crippen molar-refractivity contribution in [3.63, 3.8) is 0 Å². The van der Waals surface area contributed by atoms with Crippen LogP contribution in [0.2, 0.25) is 0 Å². The SMILES string of the molecule is C=C1C(=C)C2CC1C(=C)C2O. The fraction of sp³-hybridized carbons (Fsp3) is 0.400. The zero-order chi connectivity index (χ0) is 8.17. The molecule has 0 aromatic rings. The monoisotopic (exact) mass is 148 g/mol. The van der Waals surface area contributed by atoms with Gasteiger partial charge >= 0.3 is 0 Å². The molecule has 0 amide bonds. The molecule has 0 heterocycles. The minimum atomic E-state index is -0.349. The lowest BCUT2D eigenvalue weighted by Crippen LogP contribution is -2.20. The van der Waals surface area contributed by atoms with E-state index in [4.69, 9.17) is 0 Å². The van der Waals surface area contributed by atoms with E-state index in [1.165, 1.54) is 0 Å². The van der Waals surface area contributed by atoms with Gasteiger partial charge in [0.05, 0.1) is 6.10 Å². The Kier molecular flexibility index (Phi) is 1.16. The van der Waals surface area contributed by atoms with Crippen LogP contribution < -0.4 is 0 Å². The van der Waals surface area contributed by atoms with Crippen LogP contribution in [0.1, 0.15) is 6.42 Å². The summed E-state index contributed by atoms with van der Waals surface area (Å²) in [5.41, 5.74) is 3.06. The van der Waals surface area contributed by atoms with Crippen LogP contribution in [0.3, 0.4) is 0 Å². The van der Waals surface area contributed by atoms with E-state index in [2.05, 4.69) is 19.7 Å². The summed E-state index contributed by atoms with van der Waals surface area (Å²) >= 11 is 0. The molecule has 2 bridgehead atoms. The first-order valence-electron chi connectivity index (χ1n) is 3.87. The smallest absolute Gasteiger partial charge is 0.0822 e. The van der Waals surface area contributed by atoms with Crippen molar-refractivity contribution in [1.29, 1.82) is 0 Å². The van der Waals surface area contributed by atoms with E-state index >= 15 is 0 Å². The average Bonchev–Trinajstić information content (AvgIpc) is 2.40. The number of hydrogen-bond acceptors (Lipinski definition) is 1. The van der Waals surface area contributed by atoms with E-state index in [1.807, 2.05) is 0 Å². The zero-order valence-corrected chi connectivity index (χ0v) is 6.51. The fourth-order valence-electron chi connectivity index (χ4n) is 2.16. The van der Waals surface area contributed by atoms with Gasteiger partial charge in [-0.3, -0.25) is 0 Å². The third-order valence-electron chi connectivity index (χ3n) is 2.98. The third kappa shape index (κ3) is 0.641. The molecule has 0 aliphatic heterocycles. The first-order chi connectivity index (χ1) is 5.13. The predicted molar refractivity (Wildman–Crippen MR) is 45.0 cm³/mol. The molecular formula is C10H12O. The van der Waals surface area contributed by atoms with Crippen LogP contribution in [0.4, 0.5) is 0 Å². The number of aliphatic hydroxyl groups excluding tert-OH is 1. The third-order valence-corrected chi connectivity index (χ3v) is 2.98. The Morgan fingerprint density at radius 1 is 1.18 bits per heavy atom. The average molecular weight is 148 g/mol. The first kappa shape index (κ1) is 6.86. The minimum absolute atomic E-state index is 0.222. The number of aliphatic hydroxyl groups is 1. The Hall–Kier alpha value is -0.820. The molecule has 11 heavy (non-hydrogen) atoms. The van der Waals surface area contributed by atoms with E-state index in [0.717, 1.165) is 23.1 Å². The van der Waals surface area contributed by atoms with Gasteiger partial charge in [0.25, 0.3) is 0 Å². The van der Waals surface area contributed by atoms with E-state index in [-0.39, 0.29) is 12.0 Å². The molecule has 2 aliphatic rings. The Bertz CT molecular complexity index is 262. The van der Waals surface area contributed by atoms with Crippen LogP contribution in [0, 0.1) is 11.8 Å². The molecule has 2 saturated carbocycles. The summed E-state index contributed by atoms with van der Waals surface area (Å²) in [6.07, 6.45) is 0.635. The molecule has 3 atom stereocenters. The highest BCUT2D eigenvalue weighted by Crippen LogP contribution is 2.52. The van der Waals surface area contributed by atoms with Crippen molar-refractivity contribution in [3.05, 3.63) is 36.5 Å². The van der Waals surface area contributed by atoms with Crippen molar-refractivity contribution in [1.82, 2.24) is 0 Å². The largest absolute Gasteiger partial charge is 0.388 e. The second-order valence-corrected chi connectivity index (χ2v) is 3.47. The number of rotatable bonds is 0. The van der Waals surface area contributed by atoms with Crippen LogP contribution in [-0.4, -0.2) is 11.2 Å². The van der Waals surface area contributed by atoms with E-state index < -0.39 is 0 Å². The predicted octanol–water partition coefficient (Wildman–Crippen LogP) is 1.67. The number of hydrogen-bond donors (Lipinski definition) is 1. The van der Waals surface area contributed by atoms with E-state index in [0.29, 0.717) is 5.92 Å². The molecule has 2 fully saturated rings. The van der Waals surface area contributed by atoms with Gasteiger partial charge < -0.3 is 5.11 Å². The molecule has 1 nitrogen and oxygen atoms in total. The maximum Gasteiger partial charge on any atom is 0.0822 e. The Balaban J connectivity index is 2.42. The molecule has 0 radical (unpaired) electrons. The van der Waals surface area contributed by atoms with Crippen LogP contribution in [0.5, 0.6) is 0 Å². The van der Waals surface area contributed by atoms with Crippen molar-refractivity contribution in [2.45, 2.75) is 12.5 Å². The van der Waals surface area contributed by atoms with Crippen molar-refractivity contribution >= 4 is 0 Å². The Morgan fingerprint density at radius 2 is 1.82 bits per heavy atom. The lowest BCUT2D eigenvalue weighted by Gasteiger charge is -2.22. The van der Waals surface area contributed by atoms with Gasteiger partial charge in [0.2, 0.25) is 0 Å². The lowest BCUT2D eigenvalue weighted by molar-refractivity contribution is 0.180. The summed E-state index contributed by atoms with van der Waals surface area (Å²) in [4.78, 5) is 0. The second kappa shape index (κ2) is 1.86. The Morgan fingerprint density at radius 3 is 2.27 bits per heavy atom. The standard InChI is InChI=1S/C10H12O/c1-5-6(2)9-4-8(5)7(3)10(9)11/h8-11H,1-4H2. The summed E-state index contributed by atoms with van der Waals surface area (Å²) in [6, 6.07) is 0. The van der Waals surface area contributed by atoms with Gasteiger partial charge in [-0.2, -0.15) is 0 Å². The van der Waals surface area contributed by atoms with Gasteiger partial charge in [0.15, 0.2) is 0 Å². The summed E-state index contributed by atoms with van der Waals surface area (Å²) in [7, 11) is 0. The summed E-state index contributed by atoms with van der Waals surface area (Å²) in [5, 5.41) is 9.57. The second-order valence-electron chi connectivity index (χ2n) is 3.47. The molecule has 1 N–H and O–H groups in total. The highest BCUT2D eigenvalue weighted by molar-refractivity contribution is 5.48. The van der Waals surface area contributed by atoms with Crippen LogP contribution in [0.25, 0.3) is 0 Å². The highest BCUT2D eigenvalue weighted by Gasteiger charge is 2.46. The molecule has 0 spiro atoms. The molecule has 3 unspecified atom stereocenters. The molecule has 0 aromatic heterocycles. The summed E-state index contributed by atoms with van der Waals surface area (Å²) < 4.78 is 0. The van der Waals surface area contributed by atoms with E-state index in [9.17, 15) is 5.11 Å². The maximum absolute atomic E-state index is 9.57. The van der Waals surface area contributed by atoms with Crippen molar-refractivity contribution < 1.29 is 5.11 Å². The van der Waals surface area contributed by atoms with Gasteiger partial charge in [0.1, 0.15) is 0 Å². The molecule has 0 aromatic carbocycles. The minimum Gasteiger partial charge on any atom is -0.388 e. The van der Waals surface area contributed by atoms with Crippen molar-refractivity contribution in [2.75, 3.05) is 0 Å². The van der Waals surface area contributed by atoms with Crippen molar-refractivity contribution in [3.8, 4) is 0 Å². The molecule has 0 saturated heterocycles. The molecule has 1 heteroatoms. The van der Waals surface area contributed by atoms with E-state index in [1.54, 1.807) is 0 Å². The number of allylic oxidation sites excluding steroid dienone is 1. The van der Waals surface area contributed by atoms with Crippen LogP contribution in [-0.2, 0) is 0 Å². The number of fused-ring (bicyclic) bond motifs is 2. The zero-order valence-electron chi connectivity index (χ0n) is 6.51. The molecule has 2 rings (SSSR count). The van der Waals surface area contributed by atoms with Gasteiger partial charge in [-0.1, -0.05) is 19.7 Å². The van der Waals surface area contributed by atoms with Gasteiger partial charge in [-0.25, -0.2) is 0 Å². The molecule has 2 aliphatic carbocycles. The summed E-state index contributed by atoms with van der Waals surface area (Å²) in [5.74, 6) is 0.544. The molecule has 58 valence electrons.